The number of ether oxygens (including phenoxy) is 2. The zero-order valence-corrected chi connectivity index (χ0v) is 8.90. The Hall–Kier alpha value is -1.83. The number of carboxylic acid groups (broad SMARTS) is 1. The Morgan fingerprint density at radius 1 is 1.50 bits per heavy atom. The van der Waals surface area contributed by atoms with Gasteiger partial charge in [0.05, 0.1) is 19.4 Å². The molecular formula is C10H8F3NO4. The number of hydrogen-bond acceptors (Lipinski definition) is 4. The summed E-state index contributed by atoms with van der Waals surface area (Å²) in [4.78, 5) is 14.0. The topological polar surface area (TPSA) is 68.7 Å². The molecule has 2 rings (SSSR count). The van der Waals surface area contributed by atoms with Crippen LogP contribution >= 0.6 is 0 Å². The molecule has 5 nitrogen and oxygen atoms in total. The average Bonchev–Trinajstić information content (AvgIpc) is 2.22. The van der Waals surface area contributed by atoms with Gasteiger partial charge in [0.25, 0.3) is 0 Å². The van der Waals surface area contributed by atoms with Crippen LogP contribution in [-0.2, 0) is 10.9 Å². The summed E-state index contributed by atoms with van der Waals surface area (Å²) in [6.45, 7) is 0.413. The highest BCUT2D eigenvalue weighted by atomic mass is 19.4. The van der Waals surface area contributed by atoms with Crippen molar-refractivity contribution < 1.29 is 32.5 Å². The van der Waals surface area contributed by atoms with Crippen molar-refractivity contribution in [2.45, 2.75) is 12.3 Å². The van der Waals surface area contributed by atoms with E-state index in [4.69, 9.17) is 14.6 Å². The van der Waals surface area contributed by atoms with Gasteiger partial charge in [-0.2, -0.15) is 13.2 Å². The van der Waals surface area contributed by atoms with Gasteiger partial charge in [0.15, 0.2) is 5.75 Å². The van der Waals surface area contributed by atoms with Gasteiger partial charge in [0.1, 0.15) is 17.4 Å². The normalized spacial score (nSPS) is 16.2. The average molecular weight is 263 g/mol. The van der Waals surface area contributed by atoms with Crippen LogP contribution in [-0.4, -0.2) is 35.4 Å². The van der Waals surface area contributed by atoms with Crippen molar-refractivity contribution in [3.63, 3.8) is 0 Å². The lowest BCUT2D eigenvalue weighted by atomic mass is 10.2. The predicted octanol–water partition coefficient (Wildman–Crippen LogP) is 1.58. The molecule has 0 radical (unpaired) electrons. The van der Waals surface area contributed by atoms with Crippen LogP contribution in [0.1, 0.15) is 16.1 Å². The molecule has 8 heteroatoms. The van der Waals surface area contributed by atoms with Gasteiger partial charge in [-0.05, 0) is 6.07 Å². The number of alkyl halides is 3. The molecule has 1 aromatic heterocycles. The van der Waals surface area contributed by atoms with Crippen LogP contribution in [0.4, 0.5) is 13.2 Å². The molecule has 0 unspecified atom stereocenters. The zero-order chi connectivity index (χ0) is 13.3. The van der Waals surface area contributed by atoms with Gasteiger partial charge in [-0.3, -0.25) is 0 Å². The van der Waals surface area contributed by atoms with Gasteiger partial charge in [-0.15, -0.1) is 0 Å². The van der Waals surface area contributed by atoms with Crippen LogP contribution in [0.25, 0.3) is 0 Å². The van der Waals surface area contributed by atoms with E-state index in [1.54, 1.807) is 0 Å². The van der Waals surface area contributed by atoms with Crippen molar-refractivity contribution >= 4 is 5.97 Å². The van der Waals surface area contributed by atoms with E-state index >= 15 is 0 Å². The lowest BCUT2D eigenvalue weighted by Gasteiger charge is -2.27. The van der Waals surface area contributed by atoms with Crippen molar-refractivity contribution in [2.75, 3.05) is 13.2 Å². The van der Waals surface area contributed by atoms with E-state index in [0.29, 0.717) is 6.07 Å². The van der Waals surface area contributed by atoms with Gasteiger partial charge < -0.3 is 14.6 Å². The summed E-state index contributed by atoms with van der Waals surface area (Å²) in [6.07, 6.45) is -4.39. The largest absolute Gasteiger partial charge is 0.483 e. The molecule has 0 atom stereocenters. The summed E-state index contributed by atoms with van der Waals surface area (Å²) in [6, 6.07) is 0.456. The van der Waals surface area contributed by atoms with Crippen molar-refractivity contribution in [2.24, 2.45) is 0 Å². The second-order valence-electron chi connectivity index (χ2n) is 3.65. The molecule has 1 saturated heterocycles. The van der Waals surface area contributed by atoms with Crippen molar-refractivity contribution in [1.82, 2.24) is 4.98 Å². The fraction of sp³-hybridized carbons (Fsp3) is 0.400. The predicted molar refractivity (Wildman–Crippen MR) is 51.4 cm³/mol. The molecule has 0 spiro atoms. The number of rotatable bonds is 3. The molecule has 0 aromatic carbocycles. The number of aromatic nitrogens is 1. The molecule has 1 aliphatic heterocycles. The number of aromatic carboxylic acids is 1. The van der Waals surface area contributed by atoms with Gasteiger partial charge >= 0.3 is 12.1 Å². The maximum atomic E-state index is 12.7. The number of pyridine rings is 1. The Kier molecular flexibility index (Phi) is 3.12. The molecule has 0 aliphatic carbocycles. The molecule has 0 saturated carbocycles. The first-order chi connectivity index (χ1) is 8.38. The first kappa shape index (κ1) is 12.6. The third kappa shape index (κ3) is 2.53. The van der Waals surface area contributed by atoms with E-state index in [9.17, 15) is 18.0 Å². The third-order valence-electron chi connectivity index (χ3n) is 2.29. The van der Waals surface area contributed by atoms with E-state index in [0.717, 1.165) is 6.20 Å². The molecule has 98 valence electrons. The highest BCUT2D eigenvalue weighted by Gasteiger charge is 2.37. The molecule has 1 aromatic rings. The fourth-order valence-corrected chi connectivity index (χ4v) is 1.34. The van der Waals surface area contributed by atoms with Gasteiger partial charge in [-0.1, -0.05) is 0 Å². The second-order valence-corrected chi connectivity index (χ2v) is 3.65. The zero-order valence-electron chi connectivity index (χ0n) is 8.90. The number of carbonyl (C=O) groups is 1. The standard InChI is InChI=1S/C10H8F3NO4/c11-10(12,13)6-1-7(9(15)16)14-2-8(6)18-5-3-17-4-5/h1-2,5H,3-4H2,(H,15,16). The number of hydrogen-bond donors (Lipinski definition) is 1. The summed E-state index contributed by atoms with van der Waals surface area (Å²) in [5.41, 5.74) is -1.83. The third-order valence-corrected chi connectivity index (χ3v) is 2.29. The number of nitrogens with zero attached hydrogens (tertiary/aromatic N) is 1. The highest BCUT2D eigenvalue weighted by molar-refractivity contribution is 5.85. The lowest BCUT2D eigenvalue weighted by Crippen LogP contribution is -2.39. The van der Waals surface area contributed by atoms with Crippen LogP contribution in [0.5, 0.6) is 5.75 Å². The Balaban J connectivity index is 2.34. The van der Waals surface area contributed by atoms with Crippen molar-refractivity contribution in [1.29, 1.82) is 0 Å². The van der Waals surface area contributed by atoms with E-state index in [2.05, 4.69) is 4.98 Å². The Bertz CT molecular complexity index is 471. The molecule has 0 bridgehead atoms. The van der Waals surface area contributed by atoms with Crippen molar-refractivity contribution in [3.8, 4) is 5.75 Å². The van der Waals surface area contributed by atoms with Crippen LogP contribution in [0.2, 0.25) is 0 Å². The Labute approximate surface area is 99.1 Å². The highest BCUT2D eigenvalue weighted by Crippen LogP contribution is 2.36. The summed E-state index contributed by atoms with van der Waals surface area (Å²) >= 11 is 0. The molecule has 1 N–H and O–H groups in total. The minimum Gasteiger partial charge on any atom is -0.483 e. The van der Waals surface area contributed by atoms with E-state index < -0.39 is 35.3 Å². The van der Waals surface area contributed by atoms with Crippen molar-refractivity contribution in [3.05, 3.63) is 23.5 Å². The maximum absolute atomic E-state index is 12.7. The first-order valence-corrected chi connectivity index (χ1v) is 4.93. The van der Waals surface area contributed by atoms with E-state index in [1.807, 2.05) is 0 Å². The van der Waals surface area contributed by atoms with E-state index in [1.165, 1.54) is 0 Å². The van der Waals surface area contributed by atoms with Crippen LogP contribution < -0.4 is 4.74 Å². The smallest absolute Gasteiger partial charge is 0.420 e. The first-order valence-electron chi connectivity index (χ1n) is 4.93. The SMILES string of the molecule is O=C(O)c1cc(C(F)(F)F)c(OC2COC2)cn1. The maximum Gasteiger partial charge on any atom is 0.420 e. The minimum absolute atomic E-state index is 0.206. The summed E-state index contributed by atoms with van der Waals surface area (Å²) in [5.74, 6) is -2.01. The van der Waals surface area contributed by atoms with Crippen LogP contribution in [0, 0.1) is 0 Å². The number of halogens is 3. The lowest BCUT2D eigenvalue weighted by molar-refractivity contribution is -0.142. The van der Waals surface area contributed by atoms with Gasteiger partial charge in [0, 0.05) is 0 Å². The molecular weight excluding hydrogens is 255 g/mol. The summed E-state index contributed by atoms with van der Waals surface area (Å²) in [7, 11) is 0. The Morgan fingerprint density at radius 2 is 2.17 bits per heavy atom. The fourth-order valence-electron chi connectivity index (χ4n) is 1.34. The molecule has 1 fully saturated rings. The quantitative estimate of drug-likeness (QED) is 0.896. The number of carboxylic acids is 1. The van der Waals surface area contributed by atoms with Gasteiger partial charge in [-0.25, -0.2) is 9.78 Å². The molecule has 1 aliphatic rings. The van der Waals surface area contributed by atoms with E-state index in [-0.39, 0.29) is 13.2 Å². The molecule has 0 amide bonds. The molecule has 2 heterocycles. The second kappa shape index (κ2) is 4.45. The Morgan fingerprint density at radius 3 is 2.61 bits per heavy atom. The van der Waals surface area contributed by atoms with Crippen LogP contribution in [0.15, 0.2) is 12.3 Å². The van der Waals surface area contributed by atoms with Crippen LogP contribution in [0.3, 0.4) is 0 Å². The molecule has 18 heavy (non-hydrogen) atoms. The summed E-state index contributed by atoms with van der Waals surface area (Å²) in [5, 5.41) is 8.61. The van der Waals surface area contributed by atoms with Gasteiger partial charge in [0.2, 0.25) is 0 Å². The summed E-state index contributed by atoms with van der Waals surface area (Å²) < 4.78 is 48.0. The monoisotopic (exact) mass is 263 g/mol. The minimum atomic E-state index is -4.70.